The van der Waals surface area contributed by atoms with Gasteiger partial charge in [-0.3, -0.25) is 14.2 Å². The van der Waals surface area contributed by atoms with Crippen LogP contribution in [-0.2, 0) is 11.3 Å². The number of fused-ring (bicyclic) bond motifs is 2. The highest BCUT2D eigenvalue weighted by Gasteiger charge is 2.36. The predicted molar refractivity (Wildman–Crippen MR) is 158 cm³/mol. The van der Waals surface area contributed by atoms with Crippen molar-refractivity contribution < 1.29 is 9.53 Å². The Bertz CT molecular complexity index is 1520. The molecule has 0 bridgehead atoms. The lowest BCUT2D eigenvalue weighted by Gasteiger charge is -2.45. The van der Waals surface area contributed by atoms with Crippen LogP contribution in [0.5, 0.6) is 0 Å². The third-order valence-electron chi connectivity index (χ3n) is 8.23. The SMILES string of the molecule is C=N/C(=C\C=C(/C)N1CCO[C@H](C(C)(C)N(C)C)C1)Nc1cnc(-c2cnc3c(C)cccn23)c2c1C(=O)NC2. The zero-order chi connectivity index (χ0) is 28.6. The number of allylic oxidation sites excluding steroid dienone is 3. The van der Waals surface area contributed by atoms with Gasteiger partial charge in [0.25, 0.3) is 5.91 Å². The quantitative estimate of drug-likeness (QED) is 0.330. The van der Waals surface area contributed by atoms with Crippen LogP contribution in [0.2, 0.25) is 0 Å². The number of morpholine rings is 1. The first-order valence-electron chi connectivity index (χ1n) is 13.5. The number of ether oxygens (including phenoxy) is 1. The van der Waals surface area contributed by atoms with Gasteiger partial charge in [0.15, 0.2) is 0 Å². The van der Waals surface area contributed by atoms with E-state index in [1.54, 1.807) is 12.4 Å². The first kappa shape index (κ1) is 27.5. The van der Waals surface area contributed by atoms with Gasteiger partial charge in [0.2, 0.25) is 0 Å². The number of rotatable bonds is 8. The summed E-state index contributed by atoms with van der Waals surface area (Å²) in [7, 11) is 4.16. The van der Waals surface area contributed by atoms with Crippen molar-refractivity contribution in [2.24, 2.45) is 4.99 Å². The molecular formula is C30H38N8O2. The number of aryl methyl sites for hydroxylation is 1. The minimum absolute atomic E-state index is 0.0845. The molecule has 0 radical (unpaired) electrons. The summed E-state index contributed by atoms with van der Waals surface area (Å²) in [6, 6.07) is 4.01. The number of hydrogen-bond donors (Lipinski definition) is 2. The topological polar surface area (TPSA) is 99.4 Å². The number of hydrogen-bond acceptors (Lipinski definition) is 8. The van der Waals surface area contributed by atoms with Crippen molar-refractivity contribution in [2.75, 3.05) is 39.1 Å². The fourth-order valence-corrected chi connectivity index (χ4v) is 5.15. The Labute approximate surface area is 235 Å². The summed E-state index contributed by atoms with van der Waals surface area (Å²) < 4.78 is 8.12. The maximum atomic E-state index is 12.9. The van der Waals surface area contributed by atoms with Crippen molar-refractivity contribution in [2.45, 2.75) is 45.9 Å². The molecule has 40 heavy (non-hydrogen) atoms. The Balaban J connectivity index is 1.40. The Morgan fingerprint density at radius 1 is 1.30 bits per heavy atom. The van der Waals surface area contributed by atoms with Crippen LogP contribution >= 0.6 is 0 Å². The summed E-state index contributed by atoms with van der Waals surface area (Å²) in [4.78, 5) is 31.0. The van der Waals surface area contributed by atoms with Crippen LogP contribution in [-0.4, -0.2) is 82.2 Å². The lowest BCUT2D eigenvalue weighted by Crippen LogP contribution is -2.57. The number of aromatic nitrogens is 3. The number of imidazole rings is 1. The van der Waals surface area contributed by atoms with Crippen LogP contribution < -0.4 is 10.6 Å². The van der Waals surface area contributed by atoms with Crippen LogP contribution in [0.25, 0.3) is 17.0 Å². The molecule has 3 aromatic heterocycles. The molecule has 1 saturated heterocycles. The molecule has 0 unspecified atom stereocenters. The van der Waals surface area contributed by atoms with Gasteiger partial charge in [0.1, 0.15) is 11.5 Å². The zero-order valence-corrected chi connectivity index (χ0v) is 24.2. The molecule has 0 aliphatic carbocycles. The van der Waals surface area contributed by atoms with Gasteiger partial charge >= 0.3 is 0 Å². The zero-order valence-electron chi connectivity index (χ0n) is 24.2. The molecule has 0 spiro atoms. The molecule has 1 atom stereocenters. The summed E-state index contributed by atoms with van der Waals surface area (Å²) >= 11 is 0. The van der Waals surface area contributed by atoms with Crippen LogP contribution in [0.1, 0.15) is 42.3 Å². The smallest absolute Gasteiger partial charge is 0.254 e. The van der Waals surface area contributed by atoms with E-state index in [4.69, 9.17) is 9.72 Å². The first-order valence-corrected chi connectivity index (χ1v) is 13.5. The van der Waals surface area contributed by atoms with Gasteiger partial charge in [-0.25, -0.2) is 9.98 Å². The second-order valence-corrected chi connectivity index (χ2v) is 11.1. The maximum absolute atomic E-state index is 12.9. The number of carbonyl (C=O) groups excluding carboxylic acids is 1. The summed E-state index contributed by atoms with van der Waals surface area (Å²) in [5, 5.41) is 6.22. The van der Waals surface area contributed by atoms with Crippen molar-refractivity contribution in [3.63, 3.8) is 0 Å². The van der Waals surface area contributed by atoms with Crippen LogP contribution in [0.15, 0.2) is 59.4 Å². The predicted octanol–water partition coefficient (Wildman–Crippen LogP) is 3.85. The van der Waals surface area contributed by atoms with Gasteiger partial charge in [-0.1, -0.05) is 6.07 Å². The number of nitrogens with one attached hydrogen (secondary N) is 2. The molecule has 2 aliphatic rings. The average Bonchev–Trinajstić information content (AvgIpc) is 3.56. The van der Waals surface area contributed by atoms with Crippen LogP contribution in [0.3, 0.4) is 0 Å². The number of pyridine rings is 2. The largest absolute Gasteiger partial charge is 0.373 e. The summed E-state index contributed by atoms with van der Waals surface area (Å²) in [6.07, 6.45) is 9.43. The average molecular weight is 543 g/mol. The van der Waals surface area contributed by atoms with Crippen molar-refractivity contribution in [1.82, 2.24) is 29.5 Å². The molecule has 210 valence electrons. The van der Waals surface area contributed by atoms with Gasteiger partial charge in [-0.15, -0.1) is 0 Å². The lowest BCUT2D eigenvalue weighted by atomic mass is 9.94. The molecule has 2 N–H and O–H groups in total. The number of likely N-dealkylation sites (N-methyl/N-ethyl adjacent to an activating group) is 1. The second-order valence-electron chi connectivity index (χ2n) is 11.1. The van der Waals surface area contributed by atoms with Gasteiger partial charge in [0, 0.05) is 42.6 Å². The van der Waals surface area contributed by atoms with Crippen molar-refractivity contribution in [3.8, 4) is 11.4 Å². The highest BCUT2D eigenvalue weighted by molar-refractivity contribution is 6.05. The maximum Gasteiger partial charge on any atom is 0.254 e. The van der Waals surface area contributed by atoms with Gasteiger partial charge in [-0.05, 0) is 72.3 Å². The number of carbonyl (C=O) groups is 1. The molecule has 5 rings (SSSR count). The van der Waals surface area contributed by atoms with Gasteiger partial charge in [-0.2, -0.15) is 0 Å². The van der Waals surface area contributed by atoms with E-state index in [0.717, 1.165) is 46.9 Å². The normalized spacial score (nSPS) is 18.3. The molecule has 5 heterocycles. The lowest BCUT2D eigenvalue weighted by molar-refractivity contribution is -0.0855. The number of amides is 1. The molecule has 10 nitrogen and oxygen atoms in total. The van der Waals surface area contributed by atoms with Gasteiger partial charge < -0.3 is 25.2 Å². The van der Waals surface area contributed by atoms with Crippen LogP contribution in [0, 0.1) is 6.92 Å². The highest BCUT2D eigenvalue weighted by atomic mass is 16.5. The summed E-state index contributed by atoms with van der Waals surface area (Å²) in [5.74, 6) is 0.379. The van der Waals surface area contributed by atoms with E-state index >= 15 is 0 Å². The van der Waals surface area contributed by atoms with E-state index in [9.17, 15) is 4.79 Å². The fourth-order valence-electron chi connectivity index (χ4n) is 5.15. The second kappa shape index (κ2) is 10.9. The van der Waals surface area contributed by atoms with E-state index in [-0.39, 0.29) is 17.6 Å². The molecule has 10 heteroatoms. The number of anilines is 1. The molecule has 3 aromatic rings. The van der Waals surface area contributed by atoms with E-state index in [0.29, 0.717) is 30.2 Å². The Morgan fingerprint density at radius 2 is 2.10 bits per heavy atom. The molecule has 1 amide bonds. The fraction of sp³-hybridized carbons (Fsp3) is 0.400. The van der Waals surface area contributed by atoms with E-state index in [2.05, 4.69) is 72.0 Å². The third kappa shape index (κ3) is 5.00. The first-order chi connectivity index (χ1) is 19.1. The van der Waals surface area contributed by atoms with Crippen molar-refractivity contribution >= 4 is 24.0 Å². The van der Waals surface area contributed by atoms with Crippen molar-refractivity contribution in [3.05, 3.63) is 71.1 Å². The molecule has 1 fully saturated rings. The van der Waals surface area contributed by atoms with E-state index < -0.39 is 0 Å². The summed E-state index contributed by atoms with van der Waals surface area (Å²) in [6.45, 7) is 14.9. The molecular weight excluding hydrogens is 504 g/mol. The van der Waals surface area contributed by atoms with Crippen LogP contribution in [0.4, 0.5) is 5.69 Å². The molecule has 0 saturated carbocycles. The minimum Gasteiger partial charge on any atom is -0.373 e. The Kier molecular flexibility index (Phi) is 7.48. The highest BCUT2D eigenvalue weighted by Crippen LogP contribution is 2.33. The van der Waals surface area contributed by atoms with E-state index in [1.165, 1.54) is 0 Å². The third-order valence-corrected chi connectivity index (χ3v) is 8.23. The Morgan fingerprint density at radius 3 is 2.85 bits per heavy atom. The monoisotopic (exact) mass is 542 g/mol. The van der Waals surface area contributed by atoms with Crippen molar-refractivity contribution in [1.29, 1.82) is 0 Å². The number of aliphatic imine (C=N–C) groups is 1. The minimum atomic E-state index is -0.149. The molecule has 2 aliphatic heterocycles. The van der Waals surface area contributed by atoms with E-state index in [1.807, 2.05) is 41.8 Å². The standard InChI is InChI=1S/C30H38N8O2/c1-19-9-8-12-38-23(17-33-28(19)38)27-21-15-34-29(39)26(21)22(16-32-27)35-25(31-5)11-10-20(2)37-13-14-40-24(18-37)30(3,4)36(6)7/h8-12,16-17,24,35H,5,13-15,18H2,1-4,6-7H3,(H,34,39)/b20-10+,25-11+/t24-/m0/s1. The Hall–Kier alpha value is -4.02. The number of nitrogens with zero attached hydrogens (tertiary/aromatic N) is 6. The van der Waals surface area contributed by atoms with Gasteiger partial charge in [0.05, 0.1) is 47.7 Å². The summed E-state index contributed by atoms with van der Waals surface area (Å²) in [5.41, 5.74) is 6.50. The molecule has 0 aromatic carbocycles.